The summed E-state index contributed by atoms with van der Waals surface area (Å²) in [5.41, 5.74) is 7.40. The third-order valence-corrected chi connectivity index (χ3v) is 26.9. The molecule has 4 aliphatic heterocycles. The molecule has 10 rings (SSSR count). The number of rotatable bonds is 33. The lowest BCUT2D eigenvalue weighted by molar-refractivity contribution is -0.155. The zero-order chi connectivity index (χ0) is 88.4. The normalized spacial score (nSPS) is 17.5. The van der Waals surface area contributed by atoms with E-state index in [-0.39, 0.29) is 96.9 Å². The van der Waals surface area contributed by atoms with Crippen molar-refractivity contribution in [2.45, 2.75) is 244 Å². The number of halogens is 1. The number of carbonyl (C=O) groups excluding carboxylic acids is 2. The maximum absolute atomic E-state index is 13.1. The number of hydrogen-bond donors (Lipinski definition) is 6. The van der Waals surface area contributed by atoms with Gasteiger partial charge in [0.1, 0.15) is 28.5 Å². The minimum Gasteiger partial charge on any atom is -0.493 e. The molecule has 25 nitrogen and oxygen atoms in total. The molecule has 4 saturated heterocycles. The molecule has 4 heterocycles. The number of sulfonamides is 2. The van der Waals surface area contributed by atoms with Gasteiger partial charge in [0.15, 0.2) is 9.84 Å². The van der Waals surface area contributed by atoms with Crippen molar-refractivity contribution in [1.29, 1.82) is 0 Å². The molecule has 660 valence electrons. The summed E-state index contributed by atoms with van der Waals surface area (Å²) in [5.74, 6) is 0.453. The van der Waals surface area contributed by atoms with Crippen LogP contribution in [-0.2, 0) is 63.0 Å². The number of aliphatic carboxylic acids is 1. The maximum Gasteiger partial charge on any atom is 0.495 e. The van der Waals surface area contributed by atoms with Crippen molar-refractivity contribution in [3.8, 4) is 39.5 Å². The van der Waals surface area contributed by atoms with Crippen LogP contribution in [0.4, 0.5) is 0 Å². The number of esters is 2. The molecule has 30 heteroatoms. The largest absolute Gasteiger partial charge is 0.495 e. The van der Waals surface area contributed by atoms with Crippen molar-refractivity contribution >= 4 is 76.3 Å². The fourth-order valence-corrected chi connectivity index (χ4v) is 18.6. The Morgan fingerprint density at radius 2 is 0.824 bits per heavy atom. The number of sulfone groups is 1. The molecular weight excluding hydrogens is 1650 g/mol. The zero-order valence-electron chi connectivity index (χ0n) is 73.1. The first-order valence-electron chi connectivity index (χ1n) is 41.3. The number of aliphatic hydroxyl groups excluding tert-OH is 3. The van der Waals surface area contributed by atoms with Gasteiger partial charge in [0, 0.05) is 82.9 Å². The number of ether oxygens (including phenoxy) is 5. The van der Waals surface area contributed by atoms with Gasteiger partial charge in [-0.05, 0) is 259 Å². The average Bonchev–Trinajstić information content (AvgIpc) is 1.70. The zero-order valence-corrected chi connectivity index (χ0v) is 77.2. The SMILES string of the molecule is CC.Cc1c(Br)cccc1S(=O)(=O)CCCC(=O)OC(C)(C)C.Cc1c(OCCCN2CC[C@@H](O)C2)cccc1-c1cccc(S(=O)(=O)NCCC(=O)O)c1C.Cc1c(OCCCN2CC[C@@H](O)C2)cccc1-c1cccc(S(=O)(=O)NCCC(=O)OC(C)(C)C)c1C.Cc1c(OCCCN2CC[C@@H](O)C2)cccc1B1OC(C)(C)C(C)(C)O1. The van der Waals surface area contributed by atoms with Crippen LogP contribution in [0.5, 0.6) is 17.2 Å². The second-order valence-corrected chi connectivity index (χ2v) is 39.7. The summed E-state index contributed by atoms with van der Waals surface area (Å²) in [6.07, 6.45) is 4.62. The molecule has 0 radical (unpaired) electrons. The lowest BCUT2D eigenvalue weighted by atomic mass is 9.76. The van der Waals surface area contributed by atoms with E-state index < -0.39 is 53.0 Å². The molecule has 3 atom stereocenters. The number of aliphatic hydroxyl groups is 3. The standard InChI is InChI=1S/C28H40N2O6S.C24H32N2O6S.C20H32BNO4.C15H21BrO4S.C2H6/c1-20-23(9-6-11-25(20)35-18-8-16-30-17-14-22(31)19-30)24-10-7-12-26(21(24)2)37(33,34)29-15-13-27(32)36-28(3,4)5;1-17-20(6-3-8-22(17)32-15-5-13-26-14-11-19(27)16-26)21-7-4-9-23(18(21)2)33(30,31)25-12-10-24(28)29;1-15-17(21-25-19(2,3)20(4,5)26-21)8-6-9-18(15)24-13-7-11-22-12-10-16(23)14-22;1-11-12(16)7-5-8-13(11)21(18,19)10-6-9-14(17)20-15(2,3)4;1-2/h6-7,9-12,22,29,31H,8,13-19H2,1-5H3;3-4,6-9,19,25,27H,5,10-16H2,1-2H3,(H,28,29);6,8-9,16,23H,7,10-14H2,1-5H3;5,7-8H,6,9-10H2,1-4H3;1-2H3/t22-;19-;16-;;/m111../s1. The summed E-state index contributed by atoms with van der Waals surface area (Å²) in [5, 5.41) is 37.6. The Morgan fingerprint density at radius 3 is 1.20 bits per heavy atom. The topological polar surface area (TPSA) is 333 Å². The molecule has 0 bridgehead atoms. The first kappa shape index (κ1) is 101. The van der Waals surface area contributed by atoms with Gasteiger partial charge in [-0.1, -0.05) is 96.5 Å². The molecule has 119 heavy (non-hydrogen) atoms. The number of β-amino-alcohol motifs (C(OH)–C–C–N with tert-alkyl or cyclic N) is 3. The number of nitrogens with zero attached hydrogens (tertiary/aromatic N) is 3. The van der Waals surface area contributed by atoms with Crippen LogP contribution in [0.1, 0.15) is 181 Å². The van der Waals surface area contributed by atoms with Crippen molar-refractivity contribution in [2.75, 3.05) is 97.6 Å². The number of nitrogens with one attached hydrogen (secondary N) is 2. The van der Waals surface area contributed by atoms with Crippen molar-refractivity contribution in [3.05, 3.63) is 147 Å². The molecule has 6 N–H and O–H groups in total. The van der Waals surface area contributed by atoms with Gasteiger partial charge in [0.25, 0.3) is 0 Å². The molecule has 0 unspecified atom stereocenters. The first-order valence-corrected chi connectivity index (χ1v) is 46.8. The second kappa shape index (κ2) is 46.0. The Balaban J connectivity index is 0.000000249. The van der Waals surface area contributed by atoms with E-state index in [1.165, 1.54) is 6.07 Å². The molecule has 0 spiro atoms. The minimum atomic E-state index is -3.84. The molecule has 4 fully saturated rings. The summed E-state index contributed by atoms with van der Waals surface area (Å²) in [4.78, 5) is 41.6. The van der Waals surface area contributed by atoms with Crippen molar-refractivity contribution in [2.24, 2.45) is 0 Å². The van der Waals surface area contributed by atoms with Gasteiger partial charge in [0.05, 0.1) is 82.6 Å². The highest BCUT2D eigenvalue weighted by molar-refractivity contribution is 9.10. The third-order valence-electron chi connectivity index (χ3n) is 20.9. The quantitative estimate of drug-likeness (QED) is 0.0127. The van der Waals surface area contributed by atoms with E-state index in [0.29, 0.717) is 41.4 Å². The fraction of sp³-hybridized carbons (Fsp3) is 0.562. The molecular formula is C89H131BBrN5O20S3. The van der Waals surface area contributed by atoms with Gasteiger partial charge in [-0.25, -0.2) is 34.7 Å². The molecule has 0 amide bonds. The third kappa shape index (κ3) is 31.5. The molecule has 6 aromatic carbocycles. The van der Waals surface area contributed by atoms with E-state index in [4.69, 9.17) is 38.1 Å². The van der Waals surface area contributed by atoms with Gasteiger partial charge >= 0.3 is 25.0 Å². The summed E-state index contributed by atoms with van der Waals surface area (Å²) in [7, 11) is -11.4. The maximum atomic E-state index is 13.1. The summed E-state index contributed by atoms with van der Waals surface area (Å²) in [6.45, 7) is 43.6. The van der Waals surface area contributed by atoms with Gasteiger partial charge in [-0.3, -0.25) is 14.4 Å². The van der Waals surface area contributed by atoms with E-state index >= 15 is 0 Å². The Labute approximate surface area is 717 Å². The van der Waals surface area contributed by atoms with Crippen LogP contribution < -0.4 is 29.1 Å². The predicted molar refractivity (Wildman–Crippen MR) is 472 cm³/mol. The molecule has 0 saturated carbocycles. The van der Waals surface area contributed by atoms with Crippen LogP contribution in [0.15, 0.2) is 128 Å². The van der Waals surface area contributed by atoms with Gasteiger partial charge in [-0.15, -0.1) is 0 Å². The summed E-state index contributed by atoms with van der Waals surface area (Å²) < 4.78 is 123. The Hall–Kier alpha value is -6.88. The number of carboxylic acids is 1. The number of carboxylic acid groups (broad SMARTS) is 1. The minimum absolute atomic E-state index is 0.0420. The van der Waals surface area contributed by atoms with Gasteiger partial charge in [-0.2, -0.15) is 0 Å². The van der Waals surface area contributed by atoms with Gasteiger partial charge < -0.3 is 68.1 Å². The first-order chi connectivity index (χ1) is 55.8. The predicted octanol–water partition coefficient (Wildman–Crippen LogP) is 13.2. The highest BCUT2D eigenvalue weighted by atomic mass is 79.9. The number of carbonyl (C=O) groups is 3. The van der Waals surface area contributed by atoms with E-state index in [0.717, 1.165) is 164 Å². The summed E-state index contributed by atoms with van der Waals surface area (Å²) in [6, 6.07) is 32.9. The smallest absolute Gasteiger partial charge is 0.493 e. The number of benzene rings is 6. The van der Waals surface area contributed by atoms with E-state index in [9.17, 15) is 55.0 Å². The Morgan fingerprint density at radius 1 is 0.479 bits per heavy atom. The van der Waals surface area contributed by atoms with E-state index in [1.807, 2.05) is 88.4 Å². The Bertz CT molecular complexity index is 4660. The monoisotopic (exact) mass is 1780 g/mol. The van der Waals surface area contributed by atoms with E-state index in [1.54, 1.807) is 98.7 Å². The lowest BCUT2D eigenvalue weighted by Gasteiger charge is -2.32. The van der Waals surface area contributed by atoms with Crippen molar-refractivity contribution < 1.29 is 93.1 Å². The van der Waals surface area contributed by atoms with Crippen LogP contribution in [0.3, 0.4) is 0 Å². The van der Waals surface area contributed by atoms with Crippen LogP contribution >= 0.6 is 15.9 Å². The molecule has 4 aliphatic rings. The molecule has 0 aliphatic carbocycles. The highest BCUT2D eigenvalue weighted by Gasteiger charge is 2.52. The average molecular weight is 1780 g/mol. The number of hydrogen-bond acceptors (Lipinski definition) is 22. The number of likely N-dealkylation sites (tertiary alicyclic amines) is 3. The van der Waals surface area contributed by atoms with E-state index in [2.05, 4.69) is 80.8 Å². The molecule has 6 aromatic rings. The van der Waals surface area contributed by atoms with Crippen LogP contribution in [-0.4, -0.2) is 224 Å². The van der Waals surface area contributed by atoms with Crippen LogP contribution in [0.25, 0.3) is 22.3 Å². The fourth-order valence-electron chi connectivity index (χ4n) is 14.0. The van der Waals surface area contributed by atoms with Crippen molar-refractivity contribution in [3.63, 3.8) is 0 Å². The lowest BCUT2D eigenvalue weighted by Crippen LogP contribution is -2.41. The summed E-state index contributed by atoms with van der Waals surface area (Å²) >= 11 is 3.32. The highest BCUT2D eigenvalue weighted by Crippen LogP contribution is 2.39. The van der Waals surface area contributed by atoms with Gasteiger partial charge in [0.2, 0.25) is 20.0 Å². The van der Waals surface area contributed by atoms with Crippen LogP contribution in [0, 0.1) is 41.5 Å². The second-order valence-electron chi connectivity index (χ2n) is 33.3. The van der Waals surface area contributed by atoms with Crippen LogP contribution in [0.2, 0.25) is 0 Å². The van der Waals surface area contributed by atoms with Crippen molar-refractivity contribution in [1.82, 2.24) is 24.1 Å². The molecule has 0 aromatic heterocycles. The Kier molecular flexibility index (Phi) is 39.0.